The smallest absolute Gasteiger partial charge is 0.213 e. The van der Waals surface area contributed by atoms with E-state index in [1.165, 1.54) is 13.2 Å². The van der Waals surface area contributed by atoms with Gasteiger partial charge in [0.1, 0.15) is 11.6 Å². The van der Waals surface area contributed by atoms with Gasteiger partial charge < -0.3 is 4.74 Å². The number of rotatable bonds is 1. The number of aryl methyl sites for hydroxylation is 1. The first kappa shape index (κ1) is 9.83. The molecule has 2 aromatic rings. The third-order valence-electron chi connectivity index (χ3n) is 2.30. The third kappa shape index (κ3) is 1.52. The number of hydrogen-bond donors (Lipinski definition) is 0. The van der Waals surface area contributed by atoms with Crippen LogP contribution in [0.1, 0.15) is 5.56 Å². The van der Waals surface area contributed by atoms with E-state index in [9.17, 15) is 8.78 Å². The fourth-order valence-electron chi connectivity index (χ4n) is 1.44. The molecule has 0 N–H and O–H groups in total. The largest absolute Gasteiger partial charge is 0.481 e. The molecule has 2 rings (SSSR count). The van der Waals surface area contributed by atoms with Crippen molar-refractivity contribution >= 4 is 10.9 Å². The molecule has 0 saturated heterocycles. The fraction of sp³-hybridized carbons (Fsp3) is 0.182. The van der Waals surface area contributed by atoms with Crippen molar-refractivity contribution in [2.75, 3.05) is 7.11 Å². The normalized spacial score (nSPS) is 10.7. The minimum atomic E-state index is -0.608. The molecule has 0 amide bonds. The molecule has 0 fully saturated rings. The van der Waals surface area contributed by atoms with Crippen molar-refractivity contribution in [2.24, 2.45) is 0 Å². The Balaban J connectivity index is 2.85. The summed E-state index contributed by atoms with van der Waals surface area (Å²) >= 11 is 0. The van der Waals surface area contributed by atoms with Crippen molar-refractivity contribution in [2.45, 2.75) is 6.92 Å². The van der Waals surface area contributed by atoms with Gasteiger partial charge in [0.2, 0.25) is 5.88 Å². The molecule has 1 aromatic carbocycles. The molecule has 0 unspecified atom stereocenters. The van der Waals surface area contributed by atoms with Gasteiger partial charge in [-0.05, 0) is 13.0 Å². The SMILES string of the molecule is COc1ccc2c(F)cc(F)c(C)c2n1. The van der Waals surface area contributed by atoms with Crippen LogP contribution in [0.4, 0.5) is 8.78 Å². The quantitative estimate of drug-likeness (QED) is 0.720. The predicted octanol–water partition coefficient (Wildman–Crippen LogP) is 2.83. The number of fused-ring (bicyclic) bond motifs is 1. The summed E-state index contributed by atoms with van der Waals surface area (Å²) in [4.78, 5) is 4.01. The summed E-state index contributed by atoms with van der Waals surface area (Å²) in [7, 11) is 1.46. The minimum absolute atomic E-state index is 0.298. The lowest BCUT2D eigenvalue weighted by Crippen LogP contribution is -1.94. The monoisotopic (exact) mass is 209 g/mol. The van der Waals surface area contributed by atoms with E-state index in [1.54, 1.807) is 13.0 Å². The molecule has 78 valence electrons. The zero-order valence-corrected chi connectivity index (χ0v) is 8.34. The second kappa shape index (κ2) is 3.46. The average Bonchev–Trinajstić information content (AvgIpc) is 2.25. The number of nitrogens with zero attached hydrogens (tertiary/aromatic N) is 1. The number of methoxy groups -OCH3 is 1. The van der Waals surface area contributed by atoms with E-state index in [1.807, 2.05) is 0 Å². The molecule has 1 heterocycles. The molecule has 0 aliphatic carbocycles. The Morgan fingerprint density at radius 1 is 1.20 bits per heavy atom. The molecule has 0 bridgehead atoms. The number of pyridine rings is 1. The van der Waals surface area contributed by atoms with Gasteiger partial charge in [0.15, 0.2) is 0 Å². The van der Waals surface area contributed by atoms with Gasteiger partial charge in [0, 0.05) is 23.1 Å². The van der Waals surface area contributed by atoms with Crippen molar-refractivity contribution in [3.05, 3.63) is 35.4 Å². The standard InChI is InChI=1S/C11H9F2NO/c1-6-8(12)5-9(13)7-3-4-10(15-2)14-11(6)7/h3-5H,1-2H3. The Kier molecular flexibility index (Phi) is 2.26. The Morgan fingerprint density at radius 3 is 2.60 bits per heavy atom. The Morgan fingerprint density at radius 2 is 1.93 bits per heavy atom. The van der Waals surface area contributed by atoms with Crippen molar-refractivity contribution in [3.63, 3.8) is 0 Å². The lowest BCUT2D eigenvalue weighted by Gasteiger charge is -2.05. The molecule has 0 radical (unpaired) electrons. The second-order valence-corrected chi connectivity index (χ2v) is 3.21. The maximum Gasteiger partial charge on any atom is 0.213 e. The lowest BCUT2D eigenvalue weighted by atomic mass is 10.1. The zero-order valence-electron chi connectivity index (χ0n) is 8.34. The van der Waals surface area contributed by atoms with E-state index >= 15 is 0 Å². The van der Waals surface area contributed by atoms with E-state index in [4.69, 9.17) is 4.74 Å². The molecule has 0 saturated carbocycles. The van der Waals surface area contributed by atoms with Crippen LogP contribution in [-0.2, 0) is 0 Å². The minimum Gasteiger partial charge on any atom is -0.481 e. The average molecular weight is 209 g/mol. The van der Waals surface area contributed by atoms with Gasteiger partial charge in [-0.3, -0.25) is 0 Å². The predicted molar refractivity (Wildman–Crippen MR) is 52.9 cm³/mol. The van der Waals surface area contributed by atoms with Crippen LogP contribution >= 0.6 is 0 Å². The molecule has 0 aliphatic rings. The maximum atomic E-state index is 13.3. The molecular formula is C11H9F2NO. The van der Waals surface area contributed by atoms with Crippen LogP contribution in [0.2, 0.25) is 0 Å². The summed E-state index contributed by atoms with van der Waals surface area (Å²) in [6.07, 6.45) is 0. The molecular weight excluding hydrogens is 200 g/mol. The second-order valence-electron chi connectivity index (χ2n) is 3.21. The maximum absolute atomic E-state index is 13.3. The van der Waals surface area contributed by atoms with Gasteiger partial charge in [-0.1, -0.05) is 0 Å². The van der Waals surface area contributed by atoms with Crippen LogP contribution in [0.15, 0.2) is 18.2 Å². The van der Waals surface area contributed by atoms with Crippen LogP contribution in [0.5, 0.6) is 5.88 Å². The first-order valence-electron chi connectivity index (χ1n) is 4.43. The van der Waals surface area contributed by atoms with Crippen LogP contribution < -0.4 is 4.74 Å². The first-order chi connectivity index (χ1) is 7.13. The highest BCUT2D eigenvalue weighted by Crippen LogP contribution is 2.24. The van der Waals surface area contributed by atoms with Gasteiger partial charge >= 0.3 is 0 Å². The Bertz CT molecular complexity index is 525. The van der Waals surface area contributed by atoms with Gasteiger partial charge in [0.05, 0.1) is 12.6 Å². The molecule has 4 heteroatoms. The first-order valence-corrected chi connectivity index (χ1v) is 4.43. The topological polar surface area (TPSA) is 22.1 Å². The summed E-state index contributed by atoms with van der Waals surface area (Å²) in [6, 6.07) is 3.94. The molecule has 15 heavy (non-hydrogen) atoms. The van der Waals surface area contributed by atoms with Crippen LogP contribution in [0.3, 0.4) is 0 Å². The van der Waals surface area contributed by atoms with E-state index in [0.29, 0.717) is 22.3 Å². The van der Waals surface area contributed by atoms with Gasteiger partial charge in [-0.25, -0.2) is 13.8 Å². The van der Waals surface area contributed by atoms with E-state index in [2.05, 4.69) is 4.98 Å². The zero-order chi connectivity index (χ0) is 11.0. The van der Waals surface area contributed by atoms with Crippen molar-refractivity contribution in [3.8, 4) is 5.88 Å². The van der Waals surface area contributed by atoms with Gasteiger partial charge in [0.25, 0.3) is 0 Å². The van der Waals surface area contributed by atoms with Crippen LogP contribution in [-0.4, -0.2) is 12.1 Å². The van der Waals surface area contributed by atoms with E-state index in [0.717, 1.165) is 6.07 Å². The summed E-state index contributed by atoms with van der Waals surface area (Å²) in [5, 5.41) is 0.301. The highest BCUT2D eigenvalue weighted by molar-refractivity contribution is 5.83. The van der Waals surface area contributed by atoms with E-state index in [-0.39, 0.29) is 0 Å². The number of ether oxygens (including phenoxy) is 1. The molecule has 2 nitrogen and oxygen atoms in total. The van der Waals surface area contributed by atoms with Crippen molar-refractivity contribution in [1.29, 1.82) is 0 Å². The third-order valence-corrected chi connectivity index (χ3v) is 2.30. The highest BCUT2D eigenvalue weighted by atomic mass is 19.1. The summed E-state index contributed by atoms with van der Waals surface area (Å²) in [5.74, 6) is -0.861. The van der Waals surface area contributed by atoms with E-state index < -0.39 is 11.6 Å². The fourth-order valence-corrected chi connectivity index (χ4v) is 1.44. The van der Waals surface area contributed by atoms with Gasteiger partial charge in [-0.15, -0.1) is 0 Å². The molecule has 0 aliphatic heterocycles. The highest BCUT2D eigenvalue weighted by Gasteiger charge is 2.10. The van der Waals surface area contributed by atoms with Crippen LogP contribution in [0.25, 0.3) is 10.9 Å². The Hall–Kier alpha value is -1.71. The van der Waals surface area contributed by atoms with Crippen LogP contribution in [0, 0.1) is 18.6 Å². The summed E-state index contributed by atoms with van der Waals surface area (Å²) < 4.78 is 31.5. The number of aromatic nitrogens is 1. The molecule has 0 atom stereocenters. The lowest BCUT2D eigenvalue weighted by molar-refractivity contribution is 0.399. The summed E-state index contributed by atoms with van der Waals surface area (Å²) in [5.41, 5.74) is 0.622. The Labute approximate surface area is 85.5 Å². The number of halogens is 2. The van der Waals surface area contributed by atoms with Gasteiger partial charge in [-0.2, -0.15) is 0 Å². The summed E-state index contributed by atoms with van der Waals surface area (Å²) in [6.45, 7) is 1.56. The van der Waals surface area contributed by atoms with Crippen molar-refractivity contribution < 1.29 is 13.5 Å². The number of benzene rings is 1. The molecule has 0 spiro atoms. The number of hydrogen-bond acceptors (Lipinski definition) is 2. The van der Waals surface area contributed by atoms with Crippen molar-refractivity contribution in [1.82, 2.24) is 4.98 Å². The molecule has 1 aromatic heterocycles.